The Labute approximate surface area is 142 Å². The standard InChI is InChI=1S/C18H25NO5/c1-11(2)10-24-18(21)16(12(3)4)19-17(20)13-7-14(22-5)9-15(8-13)23-6/h7-9,12,16H,1,10H2,2-6H3,(H,19,20)/t16-/m0/s1. The number of nitrogens with one attached hydrogen (secondary N) is 1. The minimum atomic E-state index is -0.756. The van der Waals surface area contributed by atoms with Crippen molar-refractivity contribution >= 4 is 11.9 Å². The summed E-state index contributed by atoms with van der Waals surface area (Å²) >= 11 is 0. The first kappa shape index (κ1) is 19.5. The molecule has 0 aliphatic carbocycles. The van der Waals surface area contributed by atoms with Gasteiger partial charge in [0, 0.05) is 11.6 Å². The van der Waals surface area contributed by atoms with Crippen LogP contribution < -0.4 is 14.8 Å². The Hall–Kier alpha value is -2.50. The highest BCUT2D eigenvalue weighted by Gasteiger charge is 2.26. The van der Waals surface area contributed by atoms with Crippen LogP contribution in [0.4, 0.5) is 0 Å². The molecule has 1 aromatic carbocycles. The summed E-state index contributed by atoms with van der Waals surface area (Å²) in [7, 11) is 3.00. The molecule has 1 N–H and O–H groups in total. The fourth-order valence-electron chi connectivity index (χ4n) is 1.94. The first-order valence-electron chi connectivity index (χ1n) is 7.63. The quantitative estimate of drug-likeness (QED) is 0.584. The molecule has 1 aromatic rings. The second-order valence-corrected chi connectivity index (χ2v) is 5.86. The third-order valence-corrected chi connectivity index (χ3v) is 3.28. The average molecular weight is 335 g/mol. The van der Waals surface area contributed by atoms with Crippen LogP contribution in [0.1, 0.15) is 31.1 Å². The third-order valence-electron chi connectivity index (χ3n) is 3.28. The molecule has 6 nitrogen and oxygen atoms in total. The Kier molecular flexibility index (Phi) is 7.30. The van der Waals surface area contributed by atoms with Gasteiger partial charge in [0.25, 0.3) is 5.91 Å². The second-order valence-electron chi connectivity index (χ2n) is 5.86. The van der Waals surface area contributed by atoms with Gasteiger partial charge in [0.2, 0.25) is 0 Å². The monoisotopic (exact) mass is 335 g/mol. The first-order valence-corrected chi connectivity index (χ1v) is 7.63. The van der Waals surface area contributed by atoms with E-state index in [9.17, 15) is 9.59 Å². The van der Waals surface area contributed by atoms with Crippen LogP contribution in [0.15, 0.2) is 30.4 Å². The van der Waals surface area contributed by atoms with Gasteiger partial charge >= 0.3 is 5.97 Å². The number of hydrogen-bond donors (Lipinski definition) is 1. The van der Waals surface area contributed by atoms with Gasteiger partial charge in [-0.2, -0.15) is 0 Å². The molecule has 0 heterocycles. The zero-order chi connectivity index (χ0) is 18.3. The zero-order valence-electron chi connectivity index (χ0n) is 14.8. The number of carbonyl (C=O) groups excluding carboxylic acids is 2. The highest BCUT2D eigenvalue weighted by Crippen LogP contribution is 2.22. The topological polar surface area (TPSA) is 73.9 Å². The van der Waals surface area contributed by atoms with Gasteiger partial charge in [-0.1, -0.05) is 20.4 Å². The van der Waals surface area contributed by atoms with Gasteiger partial charge in [-0.25, -0.2) is 4.79 Å². The van der Waals surface area contributed by atoms with Crippen molar-refractivity contribution in [2.75, 3.05) is 20.8 Å². The first-order chi connectivity index (χ1) is 11.3. The van der Waals surface area contributed by atoms with Crippen molar-refractivity contribution in [1.82, 2.24) is 5.32 Å². The van der Waals surface area contributed by atoms with Crippen LogP contribution >= 0.6 is 0 Å². The lowest BCUT2D eigenvalue weighted by molar-refractivity contribution is -0.146. The van der Waals surface area contributed by atoms with Gasteiger partial charge in [-0.3, -0.25) is 4.79 Å². The molecule has 0 aliphatic heterocycles. The van der Waals surface area contributed by atoms with Crippen LogP contribution in [0.3, 0.4) is 0 Å². The van der Waals surface area contributed by atoms with Crippen molar-refractivity contribution in [3.8, 4) is 11.5 Å². The fraction of sp³-hybridized carbons (Fsp3) is 0.444. The van der Waals surface area contributed by atoms with E-state index < -0.39 is 17.9 Å². The molecule has 0 unspecified atom stereocenters. The molecule has 0 saturated heterocycles. The molecule has 1 rings (SSSR count). The third kappa shape index (κ3) is 5.61. The number of rotatable bonds is 8. The number of benzene rings is 1. The number of carbonyl (C=O) groups is 2. The molecule has 0 aliphatic rings. The van der Waals surface area contributed by atoms with Crippen molar-refractivity contribution < 1.29 is 23.8 Å². The van der Waals surface area contributed by atoms with Gasteiger partial charge in [-0.15, -0.1) is 0 Å². The summed E-state index contributed by atoms with van der Waals surface area (Å²) in [5.74, 6) is -0.0376. The molecule has 1 amide bonds. The molecule has 0 radical (unpaired) electrons. The van der Waals surface area contributed by atoms with E-state index in [4.69, 9.17) is 14.2 Å². The summed E-state index contributed by atoms with van der Waals surface area (Å²) in [4.78, 5) is 24.7. The van der Waals surface area contributed by atoms with Gasteiger partial charge < -0.3 is 19.5 Å². The summed E-state index contributed by atoms with van der Waals surface area (Å²) in [5, 5.41) is 2.70. The number of esters is 1. The lowest BCUT2D eigenvalue weighted by Gasteiger charge is -2.21. The SMILES string of the molecule is C=C(C)COC(=O)[C@@H](NC(=O)c1cc(OC)cc(OC)c1)C(C)C. The minimum Gasteiger partial charge on any atom is -0.497 e. The van der Waals surface area contributed by atoms with E-state index >= 15 is 0 Å². The molecule has 1 atom stereocenters. The molecule has 6 heteroatoms. The van der Waals surface area contributed by atoms with Crippen molar-refractivity contribution in [3.05, 3.63) is 35.9 Å². The molecule has 24 heavy (non-hydrogen) atoms. The maximum Gasteiger partial charge on any atom is 0.329 e. The Morgan fingerprint density at radius 2 is 1.67 bits per heavy atom. The smallest absolute Gasteiger partial charge is 0.329 e. The molecular formula is C18H25NO5. The highest BCUT2D eigenvalue weighted by molar-refractivity contribution is 5.97. The van der Waals surface area contributed by atoms with E-state index in [2.05, 4.69) is 11.9 Å². The van der Waals surface area contributed by atoms with Crippen LogP contribution in [-0.2, 0) is 9.53 Å². The van der Waals surface area contributed by atoms with Crippen molar-refractivity contribution in [2.45, 2.75) is 26.8 Å². The molecular weight excluding hydrogens is 310 g/mol. The van der Waals surface area contributed by atoms with E-state index in [0.29, 0.717) is 17.1 Å². The summed E-state index contributed by atoms with van der Waals surface area (Å²) in [6.07, 6.45) is 0. The summed E-state index contributed by atoms with van der Waals surface area (Å²) < 4.78 is 15.5. The van der Waals surface area contributed by atoms with Crippen molar-refractivity contribution in [3.63, 3.8) is 0 Å². The van der Waals surface area contributed by atoms with Gasteiger partial charge in [0.05, 0.1) is 14.2 Å². The predicted molar refractivity (Wildman–Crippen MR) is 91.4 cm³/mol. The van der Waals surface area contributed by atoms with Crippen LogP contribution in [0.5, 0.6) is 11.5 Å². The second kappa shape index (κ2) is 8.96. The van der Waals surface area contributed by atoms with Crippen LogP contribution in [0.25, 0.3) is 0 Å². The summed E-state index contributed by atoms with van der Waals surface area (Å²) in [6, 6.07) is 4.06. The molecule has 0 aromatic heterocycles. The van der Waals surface area contributed by atoms with Crippen molar-refractivity contribution in [1.29, 1.82) is 0 Å². The minimum absolute atomic E-state index is 0.126. The molecule has 0 spiro atoms. The Morgan fingerprint density at radius 3 is 2.08 bits per heavy atom. The fourth-order valence-corrected chi connectivity index (χ4v) is 1.94. The number of amides is 1. The maximum absolute atomic E-state index is 12.5. The largest absolute Gasteiger partial charge is 0.497 e. The van der Waals surface area contributed by atoms with E-state index in [1.807, 2.05) is 13.8 Å². The van der Waals surface area contributed by atoms with Gasteiger partial charge in [0.15, 0.2) is 0 Å². The summed E-state index contributed by atoms with van der Waals surface area (Å²) in [6.45, 7) is 9.24. The Bertz CT molecular complexity index is 587. The van der Waals surface area contributed by atoms with Gasteiger partial charge in [-0.05, 0) is 30.5 Å². The zero-order valence-corrected chi connectivity index (χ0v) is 14.8. The summed E-state index contributed by atoms with van der Waals surface area (Å²) in [5.41, 5.74) is 1.07. The number of methoxy groups -OCH3 is 2. The van der Waals surface area contributed by atoms with E-state index in [-0.39, 0.29) is 12.5 Å². The molecule has 0 bridgehead atoms. The average Bonchev–Trinajstić information content (AvgIpc) is 2.56. The molecule has 0 saturated carbocycles. The van der Waals surface area contributed by atoms with E-state index in [0.717, 1.165) is 5.57 Å². The molecule has 0 fully saturated rings. The number of hydrogen-bond acceptors (Lipinski definition) is 5. The van der Waals surface area contributed by atoms with Gasteiger partial charge in [0.1, 0.15) is 24.1 Å². The maximum atomic E-state index is 12.5. The van der Waals surface area contributed by atoms with E-state index in [1.165, 1.54) is 14.2 Å². The Balaban J connectivity index is 2.92. The Morgan fingerprint density at radius 1 is 1.12 bits per heavy atom. The van der Waals surface area contributed by atoms with E-state index in [1.54, 1.807) is 25.1 Å². The van der Waals surface area contributed by atoms with Crippen LogP contribution in [0.2, 0.25) is 0 Å². The van der Waals surface area contributed by atoms with Crippen LogP contribution in [-0.4, -0.2) is 38.7 Å². The van der Waals surface area contributed by atoms with Crippen molar-refractivity contribution in [2.24, 2.45) is 5.92 Å². The lowest BCUT2D eigenvalue weighted by atomic mass is 10.0. The number of ether oxygens (including phenoxy) is 3. The molecule has 132 valence electrons. The predicted octanol–water partition coefficient (Wildman–Crippen LogP) is 2.58. The lowest BCUT2D eigenvalue weighted by Crippen LogP contribution is -2.45. The highest BCUT2D eigenvalue weighted by atomic mass is 16.5. The normalized spacial score (nSPS) is 11.6. The van der Waals surface area contributed by atoms with Crippen LogP contribution in [0, 0.1) is 5.92 Å².